The van der Waals surface area contributed by atoms with Crippen molar-refractivity contribution in [1.82, 2.24) is 9.55 Å². The van der Waals surface area contributed by atoms with Crippen LogP contribution in [0.1, 0.15) is 16.2 Å². The Morgan fingerprint density at radius 2 is 1.95 bits per heavy atom. The van der Waals surface area contributed by atoms with Gasteiger partial charge < -0.3 is 4.57 Å². The lowest BCUT2D eigenvalue weighted by molar-refractivity contribution is -0.140. The normalized spacial score (nSPS) is 12.0. The fraction of sp³-hybridized carbons (Fsp3) is 0.143. The highest BCUT2D eigenvalue weighted by Crippen LogP contribution is 2.18. The van der Waals surface area contributed by atoms with Crippen molar-refractivity contribution in [3.63, 3.8) is 0 Å². The summed E-state index contributed by atoms with van der Waals surface area (Å²) in [5.41, 5.74) is 0.393. The third-order valence-electron chi connectivity index (χ3n) is 2.61. The van der Waals surface area contributed by atoms with Gasteiger partial charge in [0, 0.05) is 23.0 Å². The second-order valence-corrected chi connectivity index (χ2v) is 4.67. The summed E-state index contributed by atoms with van der Waals surface area (Å²) < 4.78 is 38.0. The number of allylic oxidation sites excluding steroid dienone is 1. The summed E-state index contributed by atoms with van der Waals surface area (Å²) in [6.07, 6.45) is 0.544. The standard InChI is InChI=1S/C14H10ClF3N2O/c15-11-3-1-10(2-4-11)12(21)5-6-13-19-7-8-20(13)9-14(16,17)18/h1-8H,9H2/b6-5+. The molecule has 21 heavy (non-hydrogen) atoms. The number of carbonyl (C=O) groups excluding carboxylic acids is 1. The Hall–Kier alpha value is -2.08. The van der Waals surface area contributed by atoms with Crippen molar-refractivity contribution in [2.45, 2.75) is 12.7 Å². The number of benzene rings is 1. The minimum Gasteiger partial charge on any atom is -0.322 e. The fourth-order valence-electron chi connectivity index (χ4n) is 1.67. The van der Waals surface area contributed by atoms with Crippen LogP contribution in [0.15, 0.2) is 42.7 Å². The van der Waals surface area contributed by atoms with Gasteiger partial charge in [0.05, 0.1) is 0 Å². The van der Waals surface area contributed by atoms with E-state index in [9.17, 15) is 18.0 Å². The molecule has 0 amide bonds. The van der Waals surface area contributed by atoms with Crippen LogP contribution in [0.5, 0.6) is 0 Å². The van der Waals surface area contributed by atoms with Crippen LogP contribution in [0.4, 0.5) is 13.2 Å². The molecule has 0 aliphatic carbocycles. The van der Waals surface area contributed by atoms with Gasteiger partial charge in [-0.2, -0.15) is 13.2 Å². The first-order valence-corrected chi connectivity index (χ1v) is 6.29. The van der Waals surface area contributed by atoms with Crippen molar-refractivity contribution in [3.8, 4) is 0 Å². The molecule has 0 N–H and O–H groups in total. The van der Waals surface area contributed by atoms with Gasteiger partial charge in [-0.05, 0) is 36.4 Å². The second kappa shape index (κ2) is 6.13. The average molecular weight is 315 g/mol. The first-order valence-electron chi connectivity index (χ1n) is 5.91. The zero-order valence-electron chi connectivity index (χ0n) is 10.6. The maximum Gasteiger partial charge on any atom is 0.406 e. The van der Waals surface area contributed by atoms with Gasteiger partial charge in [-0.1, -0.05) is 11.6 Å². The van der Waals surface area contributed by atoms with Gasteiger partial charge in [0.15, 0.2) is 5.78 Å². The monoisotopic (exact) mass is 314 g/mol. The Labute approximate surface area is 123 Å². The molecular weight excluding hydrogens is 305 g/mol. The summed E-state index contributed by atoms with van der Waals surface area (Å²) in [6.45, 7) is -1.15. The lowest BCUT2D eigenvalue weighted by Gasteiger charge is -2.08. The lowest BCUT2D eigenvalue weighted by atomic mass is 10.1. The summed E-state index contributed by atoms with van der Waals surface area (Å²) in [7, 11) is 0. The average Bonchev–Trinajstić information content (AvgIpc) is 2.82. The molecular formula is C14H10ClF3N2O. The van der Waals surface area contributed by atoms with Crippen molar-refractivity contribution in [2.75, 3.05) is 0 Å². The van der Waals surface area contributed by atoms with E-state index < -0.39 is 12.7 Å². The molecule has 1 aromatic heterocycles. The van der Waals surface area contributed by atoms with E-state index in [1.165, 1.54) is 36.7 Å². The van der Waals surface area contributed by atoms with Crippen molar-refractivity contribution in [2.24, 2.45) is 0 Å². The highest BCUT2D eigenvalue weighted by molar-refractivity contribution is 6.30. The van der Waals surface area contributed by atoms with Crippen LogP contribution in [-0.2, 0) is 6.54 Å². The van der Waals surface area contributed by atoms with E-state index in [4.69, 9.17) is 11.6 Å². The minimum absolute atomic E-state index is 0.0645. The molecule has 0 unspecified atom stereocenters. The Bertz CT molecular complexity index is 660. The molecule has 0 bridgehead atoms. The third kappa shape index (κ3) is 4.46. The summed E-state index contributed by atoms with van der Waals surface area (Å²) in [4.78, 5) is 15.6. The highest BCUT2D eigenvalue weighted by Gasteiger charge is 2.28. The van der Waals surface area contributed by atoms with Crippen LogP contribution in [0, 0.1) is 0 Å². The molecule has 3 nitrogen and oxygen atoms in total. The molecule has 0 saturated carbocycles. The van der Waals surface area contributed by atoms with E-state index in [1.54, 1.807) is 12.1 Å². The SMILES string of the molecule is O=C(/C=C/c1nccn1CC(F)(F)F)c1ccc(Cl)cc1. The van der Waals surface area contributed by atoms with Crippen LogP contribution >= 0.6 is 11.6 Å². The van der Waals surface area contributed by atoms with Crippen LogP contribution in [0.25, 0.3) is 6.08 Å². The number of nitrogens with zero attached hydrogens (tertiary/aromatic N) is 2. The molecule has 7 heteroatoms. The number of hydrogen-bond acceptors (Lipinski definition) is 2. The van der Waals surface area contributed by atoms with E-state index in [1.807, 2.05) is 0 Å². The Morgan fingerprint density at radius 1 is 1.29 bits per heavy atom. The van der Waals surface area contributed by atoms with Gasteiger partial charge in [0.1, 0.15) is 12.4 Å². The third-order valence-corrected chi connectivity index (χ3v) is 2.86. The number of aromatic nitrogens is 2. The number of halogens is 4. The van der Waals surface area contributed by atoms with Crippen molar-refractivity contribution in [3.05, 3.63) is 59.1 Å². The number of imidazole rings is 1. The lowest BCUT2D eigenvalue weighted by Crippen LogP contribution is -2.18. The summed E-state index contributed by atoms with van der Waals surface area (Å²) in [5, 5.41) is 0.497. The van der Waals surface area contributed by atoms with Gasteiger partial charge >= 0.3 is 6.18 Å². The number of hydrogen-bond donors (Lipinski definition) is 0. The Balaban J connectivity index is 2.13. The topological polar surface area (TPSA) is 34.9 Å². The Morgan fingerprint density at radius 3 is 2.57 bits per heavy atom. The number of alkyl halides is 3. The van der Waals surface area contributed by atoms with Gasteiger partial charge in [-0.15, -0.1) is 0 Å². The van der Waals surface area contributed by atoms with E-state index in [0.717, 1.165) is 4.57 Å². The van der Waals surface area contributed by atoms with E-state index >= 15 is 0 Å². The fourth-order valence-corrected chi connectivity index (χ4v) is 1.79. The van der Waals surface area contributed by atoms with Crippen molar-refractivity contribution >= 4 is 23.5 Å². The van der Waals surface area contributed by atoms with Crippen LogP contribution in [0.2, 0.25) is 5.02 Å². The van der Waals surface area contributed by atoms with E-state index in [-0.39, 0.29) is 11.6 Å². The largest absolute Gasteiger partial charge is 0.406 e. The molecule has 0 aliphatic heterocycles. The molecule has 0 spiro atoms. The van der Waals surface area contributed by atoms with Gasteiger partial charge in [0.2, 0.25) is 0 Å². The van der Waals surface area contributed by atoms with Gasteiger partial charge in [-0.25, -0.2) is 4.98 Å². The molecule has 2 aromatic rings. The number of rotatable bonds is 4. The molecule has 0 atom stereocenters. The molecule has 0 fully saturated rings. The smallest absolute Gasteiger partial charge is 0.322 e. The minimum atomic E-state index is -4.34. The maximum atomic E-state index is 12.3. The highest BCUT2D eigenvalue weighted by atomic mass is 35.5. The van der Waals surface area contributed by atoms with Crippen LogP contribution < -0.4 is 0 Å². The zero-order chi connectivity index (χ0) is 15.5. The molecule has 0 saturated heterocycles. The molecule has 0 aliphatic rings. The molecule has 1 aromatic carbocycles. The first kappa shape index (κ1) is 15.3. The molecule has 1 heterocycles. The molecule has 110 valence electrons. The second-order valence-electron chi connectivity index (χ2n) is 4.23. The van der Waals surface area contributed by atoms with E-state index in [0.29, 0.717) is 10.6 Å². The van der Waals surface area contributed by atoms with E-state index in [2.05, 4.69) is 4.98 Å². The number of ketones is 1. The first-order chi connectivity index (χ1) is 9.85. The Kier molecular flexibility index (Phi) is 4.47. The predicted molar refractivity (Wildman–Crippen MR) is 73.1 cm³/mol. The number of carbonyl (C=O) groups is 1. The van der Waals surface area contributed by atoms with Crippen LogP contribution in [0.3, 0.4) is 0 Å². The van der Waals surface area contributed by atoms with Gasteiger partial charge in [-0.3, -0.25) is 4.79 Å². The quantitative estimate of drug-likeness (QED) is 0.631. The van der Waals surface area contributed by atoms with Crippen molar-refractivity contribution in [1.29, 1.82) is 0 Å². The summed E-state index contributed by atoms with van der Waals surface area (Å²) in [6, 6.07) is 6.20. The van der Waals surface area contributed by atoms with Crippen LogP contribution in [-0.4, -0.2) is 21.5 Å². The zero-order valence-corrected chi connectivity index (χ0v) is 11.4. The van der Waals surface area contributed by atoms with Crippen molar-refractivity contribution < 1.29 is 18.0 Å². The maximum absolute atomic E-state index is 12.3. The summed E-state index contributed by atoms with van der Waals surface area (Å²) in [5.74, 6) is -0.275. The molecule has 0 radical (unpaired) electrons. The predicted octanol–water partition coefficient (Wildman–Crippen LogP) is 3.99. The van der Waals surface area contributed by atoms with Gasteiger partial charge in [0.25, 0.3) is 0 Å². The molecule has 2 rings (SSSR count). The summed E-state index contributed by atoms with van der Waals surface area (Å²) >= 11 is 5.71.